The van der Waals surface area contributed by atoms with Gasteiger partial charge in [0, 0.05) is 4.98 Å². The minimum atomic E-state index is -4.92. The van der Waals surface area contributed by atoms with E-state index in [4.69, 9.17) is 22.9 Å². The maximum atomic E-state index is 8.63. The number of rotatable bonds is 0. The summed E-state index contributed by atoms with van der Waals surface area (Å²) >= 11 is 0. The van der Waals surface area contributed by atoms with Crippen molar-refractivity contribution in [2.75, 3.05) is 0 Å². The Morgan fingerprint density at radius 3 is 2.42 bits per heavy atom. The van der Waals surface area contributed by atoms with Crippen LogP contribution in [0.25, 0.3) is 4.98 Å². The minimum absolute atomic E-state index is 0.0833. The molecule has 1 N–H and O–H groups in total. The maximum absolute atomic E-state index is 8.63. The van der Waals surface area contributed by atoms with E-state index in [1.165, 1.54) is 0 Å². The maximum Gasteiger partial charge on any atom is 0.529 e. The summed E-state index contributed by atoms with van der Waals surface area (Å²) in [7, 11) is -4.92. The van der Waals surface area contributed by atoms with Crippen LogP contribution in [0.5, 0.6) is 0 Å². The van der Waals surface area contributed by atoms with Crippen LogP contribution in [0, 0.1) is 5.39 Å². The first-order chi connectivity index (χ1) is 5.43. The summed E-state index contributed by atoms with van der Waals surface area (Å²) in [6, 6.07) is 0. The molecular weight excluding hydrogens is 192 g/mol. The third kappa shape index (κ3) is 8.43. The minimum Gasteiger partial charge on any atom is -0.726 e. The van der Waals surface area contributed by atoms with Gasteiger partial charge in [-0.15, -0.1) is 0 Å². The van der Waals surface area contributed by atoms with Gasteiger partial charge in [-0.05, 0) is 0 Å². The molecule has 0 aromatic carbocycles. The molecule has 9 nitrogen and oxygen atoms in total. The van der Waals surface area contributed by atoms with Gasteiger partial charge in [-0.25, -0.2) is 8.42 Å². The Morgan fingerprint density at radius 2 is 2.25 bits per heavy atom. The van der Waals surface area contributed by atoms with Crippen molar-refractivity contribution >= 4 is 16.2 Å². The summed E-state index contributed by atoms with van der Waals surface area (Å²) in [5, 5.41) is 14.1. The quantitative estimate of drug-likeness (QED) is 0.332. The van der Waals surface area contributed by atoms with E-state index in [9.17, 15) is 0 Å². The SMILES string of the molecule is N#[N+]c1conn1.O=S(=O)([O-])O. The molecule has 10 heteroatoms. The smallest absolute Gasteiger partial charge is 0.529 e. The zero-order valence-corrected chi connectivity index (χ0v) is 6.17. The fourth-order valence-corrected chi connectivity index (χ4v) is 0.203. The van der Waals surface area contributed by atoms with Crippen LogP contribution in [-0.4, -0.2) is 27.9 Å². The second-order valence-electron chi connectivity index (χ2n) is 1.29. The molecule has 0 bridgehead atoms. The Labute approximate surface area is 66.2 Å². The first kappa shape index (κ1) is 10.4. The summed E-state index contributed by atoms with van der Waals surface area (Å²) in [5.74, 6) is 0.0833. The molecule has 0 fully saturated rings. The van der Waals surface area contributed by atoms with Crippen molar-refractivity contribution in [3.8, 4) is 0 Å². The van der Waals surface area contributed by atoms with E-state index in [1.807, 2.05) is 0 Å². The lowest BCUT2D eigenvalue weighted by Crippen LogP contribution is -1.90. The molecule has 0 saturated carbocycles. The summed E-state index contributed by atoms with van der Waals surface area (Å²) < 4.78 is 37.0. The van der Waals surface area contributed by atoms with Crippen molar-refractivity contribution in [3.63, 3.8) is 0 Å². The van der Waals surface area contributed by atoms with Crippen LogP contribution in [0.1, 0.15) is 0 Å². The second-order valence-corrected chi connectivity index (χ2v) is 2.15. The van der Waals surface area contributed by atoms with Crippen LogP contribution >= 0.6 is 0 Å². The lowest BCUT2D eigenvalue weighted by molar-refractivity contribution is 0.366. The average molecular weight is 194 g/mol. The first-order valence-corrected chi connectivity index (χ1v) is 3.60. The molecule has 0 aliphatic carbocycles. The van der Waals surface area contributed by atoms with E-state index in [2.05, 4.69) is 19.9 Å². The van der Waals surface area contributed by atoms with Crippen LogP contribution in [0.15, 0.2) is 10.8 Å². The van der Waals surface area contributed by atoms with Crippen LogP contribution in [0.3, 0.4) is 0 Å². The van der Waals surface area contributed by atoms with Gasteiger partial charge < -0.3 is 9.08 Å². The average Bonchev–Trinajstić information content (AvgIpc) is 2.33. The molecule has 1 aromatic heterocycles. The topological polar surface area (TPSA) is 144 Å². The molecule has 0 spiro atoms. The van der Waals surface area contributed by atoms with E-state index >= 15 is 0 Å². The first-order valence-electron chi connectivity index (χ1n) is 2.24. The molecule has 0 unspecified atom stereocenters. The van der Waals surface area contributed by atoms with E-state index < -0.39 is 10.4 Å². The molecule has 0 atom stereocenters. The standard InChI is InChI=1S/C2HN4O.H2O4S/c3-4-2-1-7-6-5-2;1-5(2,3)4/h1H;(H2,1,2,3,4)/q+1;/p-1. The zero-order chi connectivity index (χ0) is 9.61. The van der Waals surface area contributed by atoms with Crippen LogP contribution in [0.4, 0.5) is 5.82 Å². The summed E-state index contributed by atoms with van der Waals surface area (Å²) in [5.41, 5.74) is 0. The number of hydrogen-bond acceptors (Lipinski definition) is 7. The highest BCUT2D eigenvalue weighted by atomic mass is 32.3. The molecule has 1 rings (SSSR count). The van der Waals surface area contributed by atoms with E-state index in [-0.39, 0.29) is 5.82 Å². The highest BCUT2D eigenvalue weighted by Crippen LogP contribution is 2.00. The molecule has 1 heterocycles. The van der Waals surface area contributed by atoms with Gasteiger partial charge in [0.2, 0.25) is 16.7 Å². The molecule has 66 valence electrons. The van der Waals surface area contributed by atoms with Crippen molar-refractivity contribution in [1.82, 2.24) is 10.4 Å². The van der Waals surface area contributed by atoms with E-state index in [0.29, 0.717) is 0 Å². The normalized spacial score (nSPS) is 9.42. The number of diazo groups is 1. The molecule has 0 radical (unpaired) electrons. The lowest BCUT2D eigenvalue weighted by atomic mass is 10.8. The third-order valence-corrected chi connectivity index (χ3v) is 0.451. The van der Waals surface area contributed by atoms with Gasteiger partial charge in [-0.1, -0.05) is 0 Å². The Hall–Kier alpha value is -1.57. The summed E-state index contributed by atoms with van der Waals surface area (Å²) in [4.78, 5) is 2.66. The molecule has 12 heavy (non-hydrogen) atoms. The van der Waals surface area contributed by atoms with Crippen LogP contribution < -0.4 is 0 Å². The molecule has 0 saturated heterocycles. The largest absolute Gasteiger partial charge is 0.726 e. The monoisotopic (exact) mass is 194 g/mol. The third-order valence-electron chi connectivity index (χ3n) is 0.451. The number of aromatic nitrogens is 2. The predicted molar refractivity (Wildman–Crippen MR) is 31.4 cm³/mol. The van der Waals surface area contributed by atoms with Gasteiger partial charge in [-0.3, -0.25) is 4.55 Å². The van der Waals surface area contributed by atoms with Gasteiger partial charge in [-0.2, -0.15) is 0 Å². The van der Waals surface area contributed by atoms with Gasteiger partial charge >= 0.3 is 5.82 Å². The Balaban J connectivity index is 0.000000217. The predicted octanol–water partition coefficient (Wildman–Crippen LogP) is -0.441. The van der Waals surface area contributed by atoms with Crippen molar-refractivity contribution in [2.45, 2.75) is 0 Å². The van der Waals surface area contributed by atoms with Crippen molar-refractivity contribution in [1.29, 1.82) is 5.39 Å². The Morgan fingerprint density at radius 1 is 1.75 bits per heavy atom. The summed E-state index contributed by atoms with van der Waals surface area (Å²) in [6.07, 6.45) is 1.12. The molecule has 0 amide bonds. The fraction of sp³-hybridized carbons (Fsp3) is 0. The van der Waals surface area contributed by atoms with Gasteiger partial charge in [0.15, 0.2) is 5.27 Å². The van der Waals surface area contributed by atoms with Gasteiger partial charge in [0.1, 0.15) is 5.10 Å². The van der Waals surface area contributed by atoms with Crippen LogP contribution in [-0.2, 0) is 10.4 Å². The number of hydrogen-bond donors (Lipinski definition) is 1. The van der Waals surface area contributed by atoms with Gasteiger partial charge in [0.05, 0.1) is 5.39 Å². The fourth-order valence-electron chi connectivity index (χ4n) is 0.203. The Bertz CT molecular complexity index is 339. The second kappa shape index (κ2) is 4.34. The Kier molecular flexibility index (Phi) is 3.77. The van der Waals surface area contributed by atoms with Crippen LogP contribution in [0.2, 0.25) is 0 Å². The molecule has 1 aromatic rings. The van der Waals surface area contributed by atoms with Crippen molar-refractivity contribution in [3.05, 3.63) is 11.2 Å². The highest BCUT2D eigenvalue weighted by molar-refractivity contribution is 7.79. The zero-order valence-electron chi connectivity index (χ0n) is 5.35. The highest BCUT2D eigenvalue weighted by Gasteiger charge is 2.06. The molecule has 0 aliphatic heterocycles. The molecule has 0 aliphatic rings. The van der Waals surface area contributed by atoms with Crippen molar-refractivity contribution < 1.29 is 22.0 Å². The van der Waals surface area contributed by atoms with E-state index in [0.717, 1.165) is 6.26 Å². The lowest BCUT2D eigenvalue weighted by Gasteiger charge is -1.88. The van der Waals surface area contributed by atoms with E-state index in [1.54, 1.807) is 0 Å². The van der Waals surface area contributed by atoms with Gasteiger partial charge in [0.25, 0.3) is 0 Å². The van der Waals surface area contributed by atoms with Crippen molar-refractivity contribution in [2.24, 2.45) is 0 Å². The number of nitrogens with zero attached hydrogens (tertiary/aromatic N) is 4. The summed E-state index contributed by atoms with van der Waals surface area (Å²) in [6.45, 7) is 0. The molecular formula is C2H2N4O5S.